The maximum Gasteiger partial charge on any atom is 0.274 e. The number of carbonyl (C=O) groups excluding carboxylic acids is 2. The zero-order chi connectivity index (χ0) is 21.1. The van der Waals surface area contributed by atoms with Gasteiger partial charge in [0.2, 0.25) is 5.91 Å². The molecular formula is C23H30N4O3. The van der Waals surface area contributed by atoms with Crippen molar-refractivity contribution in [2.24, 2.45) is 5.92 Å². The number of hydrogen-bond donors (Lipinski definition) is 1. The quantitative estimate of drug-likeness (QED) is 0.822. The van der Waals surface area contributed by atoms with E-state index in [1.54, 1.807) is 6.33 Å². The molecule has 1 aromatic heterocycles. The van der Waals surface area contributed by atoms with Crippen molar-refractivity contribution in [3.63, 3.8) is 0 Å². The van der Waals surface area contributed by atoms with Gasteiger partial charge in [0.05, 0.1) is 25.2 Å². The number of rotatable bonds is 5. The van der Waals surface area contributed by atoms with E-state index in [1.165, 1.54) is 5.56 Å². The van der Waals surface area contributed by atoms with E-state index in [4.69, 9.17) is 4.74 Å². The molecule has 0 spiro atoms. The summed E-state index contributed by atoms with van der Waals surface area (Å²) in [6.07, 6.45) is 4.04. The Balaban J connectivity index is 1.38. The fraction of sp³-hybridized carbons (Fsp3) is 0.522. The van der Waals surface area contributed by atoms with Crippen molar-refractivity contribution >= 4 is 11.8 Å². The summed E-state index contributed by atoms with van der Waals surface area (Å²) in [4.78, 5) is 31.5. The third kappa shape index (κ3) is 4.26. The highest BCUT2D eigenvalue weighted by Crippen LogP contribution is 2.29. The summed E-state index contributed by atoms with van der Waals surface area (Å²) >= 11 is 0. The van der Waals surface area contributed by atoms with Gasteiger partial charge in [0, 0.05) is 25.6 Å². The Bertz CT molecular complexity index is 898. The second-order valence-corrected chi connectivity index (χ2v) is 8.26. The lowest BCUT2D eigenvalue weighted by molar-refractivity contribution is -0.126. The maximum absolute atomic E-state index is 13.1. The number of carbonyl (C=O) groups is 2. The van der Waals surface area contributed by atoms with Gasteiger partial charge in [-0.15, -0.1) is 0 Å². The topological polar surface area (TPSA) is 76.5 Å². The highest BCUT2D eigenvalue weighted by molar-refractivity contribution is 5.93. The van der Waals surface area contributed by atoms with Crippen LogP contribution in [-0.4, -0.2) is 45.9 Å². The third-order valence-corrected chi connectivity index (χ3v) is 6.08. The first-order valence-corrected chi connectivity index (χ1v) is 10.9. The molecule has 4 rings (SSSR count). The number of piperidine rings is 1. The number of ether oxygens (including phenoxy) is 1. The van der Waals surface area contributed by atoms with Crippen LogP contribution >= 0.6 is 0 Å². The molecule has 3 heterocycles. The molecule has 1 aromatic carbocycles. The number of fused-ring (bicyclic) bond motifs is 1. The standard InChI is InChI=1S/C23H30N4O3/c1-3-10-24-22(28)18-8-11-26(12-9-18)23(29)21-19-14-30-20(13-27(19)15-25-21)17-6-4-16(2)5-7-17/h4-7,15,18,20H,3,8-14H2,1-2H3,(H,24,28). The van der Waals surface area contributed by atoms with Crippen LogP contribution in [0.2, 0.25) is 0 Å². The zero-order valence-corrected chi connectivity index (χ0v) is 17.8. The number of imidazole rings is 1. The molecule has 1 saturated heterocycles. The largest absolute Gasteiger partial charge is 0.365 e. The van der Waals surface area contributed by atoms with Crippen molar-refractivity contribution < 1.29 is 14.3 Å². The lowest BCUT2D eigenvalue weighted by Crippen LogP contribution is -2.43. The normalized spacial score (nSPS) is 19.4. The molecule has 0 aliphatic carbocycles. The van der Waals surface area contributed by atoms with Crippen LogP contribution in [0, 0.1) is 12.8 Å². The Hall–Kier alpha value is -2.67. The molecule has 2 aromatic rings. The first-order valence-electron chi connectivity index (χ1n) is 10.9. The Kier molecular flexibility index (Phi) is 6.18. The van der Waals surface area contributed by atoms with E-state index in [0.717, 1.165) is 17.7 Å². The molecule has 2 amide bonds. The lowest BCUT2D eigenvalue weighted by atomic mass is 9.95. The molecule has 7 nitrogen and oxygen atoms in total. The third-order valence-electron chi connectivity index (χ3n) is 6.08. The fourth-order valence-corrected chi connectivity index (χ4v) is 4.18. The van der Waals surface area contributed by atoms with Gasteiger partial charge in [0.1, 0.15) is 6.10 Å². The number of amides is 2. The minimum Gasteiger partial charge on any atom is -0.365 e. The number of hydrogen-bond acceptors (Lipinski definition) is 4. The van der Waals surface area contributed by atoms with Crippen LogP contribution in [0.5, 0.6) is 0 Å². The maximum atomic E-state index is 13.1. The molecule has 160 valence electrons. The highest BCUT2D eigenvalue weighted by Gasteiger charge is 2.32. The lowest BCUT2D eigenvalue weighted by Gasteiger charge is -2.31. The van der Waals surface area contributed by atoms with Crippen molar-refractivity contribution in [3.8, 4) is 0 Å². The van der Waals surface area contributed by atoms with Crippen molar-refractivity contribution in [1.29, 1.82) is 0 Å². The van der Waals surface area contributed by atoms with Crippen molar-refractivity contribution in [2.75, 3.05) is 19.6 Å². The number of nitrogens with zero attached hydrogens (tertiary/aromatic N) is 3. The van der Waals surface area contributed by atoms with E-state index in [-0.39, 0.29) is 23.8 Å². The van der Waals surface area contributed by atoms with E-state index in [9.17, 15) is 9.59 Å². The van der Waals surface area contributed by atoms with E-state index in [0.29, 0.717) is 51.3 Å². The second kappa shape index (κ2) is 9.00. The summed E-state index contributed by atoms with van der Waals surface area (Å²) in [6, 6.07) is 8.36. The summed E-state index contributed by atoms with van der Waals surface area (Å²) in [5, 5.41) is 2.96. The van der Waals surface area contributed by atoms with Gasteiger partial charge < -0.3 is 19.5 Å². The molecule has 1 fully saturated rings. The van der Waals surface area contributed by atoms with Gasteiger partial charge in [-0.1, -0.05) is 36.8 Å². The average Bonchev–Trinajstić information content (AvgIpc) is 3.21. The molecule has 7 heteroatoms. The summed E-state index contributed by atoms with van der Waals surface area (Å²) in [5.74, 6) is 0.0440. The Morgan fingerprint density at radius 2 is 1.93 bits per heavy atom. The summed E-state index contributed by atoms with van der Waals surface area (Å²) in [7, 11) is 0. The average molecular weight is 411 g/mol. The minimum absolute atomic E-state index is 0.00453. The Morgan fingerprint density at radius 3 is 2.63 bits per heavy atom. The molecule has 0 saturated carbocycles. The van der Waals surface area contributed by atoms with Crippen LogP contribution in [0.25, 0.3) is 0 Å². The Labute approximate surface area is 177 Å². The van der Waals surface area contributed by atoms with Gasteiger partial charge in [0.25, 0.3) is 5.91 Å². The van der Waals surface area contributed by atoms with E-state index in [2.05, 4.69) is 41.5 Å². The van der Waals surface area contributed by atoms with Gasteiger partial charge in [-0.25, -0.2) is 4.98 Å². The van der Waals surface area contributed by atoms with Crippen molar-refractivity contribution in [3.05, 3.63) is 53.1 Å². The van der Waals surface area contributed by atoms with Gasteiger partial charge in [0.15, 0.2) is 5.69 Å². The first kappa shape index (κ1) is 20.6. The zero-order valence-electron chi connectivity index (χ0n) is 17.8. The Morgan fingerprint density at radius 1 is 1.20 bits per heavy atom. The van der Waals surface area contributed by atoms with Crippen LogP contribution in [0.3, 0.4) is 0 Å². The van der Waals surface area contributed by atoms with Gasteiger partial charge >= 0.3 is 0 Å². The molecule has 1 atom stereocenters. The monoisotopic (exact) mass is 410 g/mol. The molecule has 0 radical (unpaired) electrons. The predicted octanol–water partition coefficient (Wildman–Crippen LogP) is 2.84. The van der Waals surface area contributed by atoms with Crippen LogP contribution in [0.1, 0.15) is 59.6 Å². The minimum atomic E-state index is -0.0615. The summed E-state index contributed by atoms with van der Waals surface area (Å²) in [5.41, 5.74) is 3.67. The van der Waals surface area contributed by atoms with E-state index >= 15 is 0 Å². The number of nitrogens with one attached hydrogen (secondary N) is 1. The number of aryl methyl sites for hydroxylation is 1. The number of likely N-dealkylation sites (tertiary alicyclic amines) is 1. The van der Waals surface area contributed by atoms with Crippen LogP contribution < -0.4 is 5.32 Å². The van der Waals surface area contributed by atoms with Gasteiger partial charge in [-0.2, -0.15) is 0 Å². The van der Waals surface area contributed by atoms with Crippen LogP contribution in [0.15, 0.2) is 30.6 Å². The molecular weight excluding hydrogens is 380 g/mol. The van der Waals surface area contributed by atoms with Crippen LogP contribution in [0.4, 0.5) is 0 Å². The molecule has 1 unspecified atom stereocenters. The molecule has 30 heavy (non-hydrogen) atoms. The number of aromatic nitrogens is 2. The fourth-order valence-electron chi connectivity index (χ4n) is 4.18. The summed E-state index contributed by atoms with van der Waals surface area (Å²) < 4.78 is 8.10. The number of benzene rings is 1. The van der Waals surface area contributed by atoms with Crippen molar-refractivity contribution in [2.45, 2.75) is 52.4 Å². The second-order valence-electron chi connectivity index (χ2n) is 8.26. The van der Waals surface area contributed by atoms with E-state index in [1.807, 2.05) is 16.4 Å². The molecule has 2 aliphatic rings. The van der Waals surface area contributed by atoms with Gasteiger partial charge in [-0.3, -0.25) is 9.59 Å². The molecule has 0 bridgehead atoms. The SMILES string of the molecule is CCCNC(=O)C1CCN(C(=O)c2ncn3c2COC(c2ccc(C)cc2)C3)CC1. The van der Waals surface area contributed by atoms with Crippen LogP contribution in [-0.2, 0) is 22.7 Å². The summed E-state index contributed by atoms with van der Waals surface area (Å²) in [6.45, 7) is 7.01. The molecule has 1 N–H and O–H groups in total. The van der Waals surface area contributed by atoms with E-state index < -0.39 is 0 Å². The predicted molar refractivity (Wildman–Crippen MR) is 113 cm³/mol. The smallest absolute Gasteiger partial charge is 0.274 e. The van der Waals surface area contributed by atoms with Gasteiger partial charge in [-0.05, 0) is 31.7 Å². The molecule has 2 aliphatic heterocycles. The highest BCUT2D eigenvalue weighted by atomic mass is 16.5. The van der Waals surface area contributed by atoms with Crippen molar-refractivity contribution in [1.82, 2.24) is 19.8 Å². The first-order chi connectivity index (χ1) is 14.6.